The van der Waals surface area contributed by atoms with Crippen molar-refractivity contribution in [1.82, 2.24) is 9.97 Å². The van der Waals surface area contributed by atoms with Crippen LogP contribution in [-0.2, 0) is 0 Å². The molecule has 3 aromatic rings. The molecule has 1 aromatic heterocycles. The Balaban J connectivity index is 0.00000280. The van der Waals surface area contributed by atoms with Crippen molar-refractivity contribution in [3.8, 4) is 11.8 Å². The first-order chi connectivity index (χ1) is 13.1. The molecule has 27 heavy (non-hydrogen) atoms. The summed E-state index contributed by atoms with van der Waals surface area (Å²) in [6.07, 6.45) is 4.43. The van der Waals surface area contributed by atoms with Crippen LogP contribution in [0, 0.1) is 12.3 Å². The highest BCUT2D eigenvalue weighted by Gasteiger charge is 2.11. The number of anilines is 2. The standard InChI is InChI=1S/C20H19N5O2.H2/c1-13-4-7-16(11-18(13)27-20-23-8-3-9-24-20)25-19(26)14-5-6-15(12-21)17(10-14)22-2;/h3-12,21-22H,1-2H3,(H,25,26);1H. The number of benzene rings is 2. The molecule has 0 atom stereocenters. The maximum Gasteiger partial charge on any atom is 0.321 e. The number of ether oxygens (including phenoxy) is 1. The average Bonchev–Trinajstić information content (AvgIpc) is 2.70. The van der Waals surface area contributed by atoms with E-state index in [2.05, 4.69) is 20.6 Å². The van der Waals surface area contributed by atoms with Gasteiger partial charge in [0.25, 0.3) is 5.91 Å². The second-order valence-corrected chi connectivity index (χ2v) is 5.76. The molecular weight excluding hydrogens is 342 g/mol. The Kier molecular flexibility index (Phi) is 5.41. The minimum Gasteiger partial charge on any atom is -0.424 e. The van der Waals surface area contributed by atoms with E-state index in [9.17, 15) is 4.79 Å². The Bertz CT molecular complexity index is 980. The van der Waals surface area contributed by atoms with E-state index >= 15 is 0 Å². The smallest absolute Gasteiger partial charge is 0.321 e. The van der Waals surface area contributed by atoms with Gasteiger partial charge < -0.3 is 20.8 Å². The van der Waals surface area contributed by atoms with Crippen molar-refractivity contribution in [2.45, 2.75) is 6.92 Å². The van der Waals surface area contributed by atoms with Crippen LogP contribution >= 0.6 is 0 Å². The van der Waals surface area contributed by atoms with Gasteiger partial charge in [0.2, 0.25) is 0 Å². The molecule has 3 N–H and O–H groups in total. The molecule has 7 heteroatoms. The molecule has 0 bridgehead atoms. The predicted molar refractivity (Wildman–Crippen MR) is 107 cm³/mol. The van der Waals surface area contributed by atoms with Gasteiger partial charge in [-0.15, -0.1) is 0 Å². The van der Waals surface area contributed by atoms with Crippen molar-refractivity contribution in [2.75, 3.05) is 17.7 Å². The lowest BCUT2D eigenvalue weighted by Gasteiger charge is -2.11. The highest BCUT2D eigenvalue weighted by atomic mass is 16.5. The van der Waals surface area contributed by atoms with E-state index in [-0.39, 0.29) is 13.3 Å². The lowest BCUT2D eigenvalue weighted by Crippen LogP contribution is -2.12. The fourth-order valence-electron chi connectivity index (χ4n) is 2.47. The highest BCUT2D eigenvalue weighted by Crippen LogP contribution is 2.26. The third-order valence-electron chi connectivity index (χ3n) is 3.93. The van der Waals surface area contributed by atoms with E-state index < -0.39 is 0 Å². The molecule has 0 aliphatic rings. The van der Waals surface area contributed by atoms with Crippen molar-refractivity contribution in [3.63, 3.8) is 0 Å². The van der Waals surface area contributed by atoms with Crippen LogP contribution in [0.2, 0.25) is 0 Å². The summed E-state index contributed by atoms with van der Waals surface area (Å²) in [5, 5.41) is 13.2. The fraction of sp³-hybridized carbons (Fsp3) is 0.100. The van der Waals surface area contributed by atoms with Crippen LogP contribution in [0.25, 0.3) is 0 Å². The van der Waals surface area contributed by atoms with Gasteiger partial charge in [-0.3, -0.25) is 4.79 Å². The Morgan fingerprint density at radius 1 is 1.19 bits per heavy atom. The third kappa shape index (κ3) is 4.27. The second kappa shape index (κ2) is 8.09. The molecule has 0 aliphatic heterocycles. The lowest BCUT2D eigenvalue weighted by atomic mass is 10.1. The van der Waals surface area contributed by atoms with Crippen LogP contribution in [-0.4, -0.2) is 29.1 Å². The second-order valence-electron chi connectivity index (χ2n) is 5.76. The number of aryl methyl sites for hydroxylation is 1. The summed E-state index contributed by atoms with van der Waals surface area (Å²) in [5.41, 5.74) is 3.40. The zero-order valence-corrected chi connectivity index (χ0v) is 15.0. The number of nitrogens with zero attached hydrogens (tertiary/aromatic N) is 2. The Morgan fingerprint density at radius 3 is 2.67 bits per heavy atom. The summed E-state index contributed by atoms with van der Waals surface area (Å²) in [7, 11) is 1.75. The monoisotopic (exact) mass is 363 g/mol. The van der Waals surface area contributed by atoms with Gasteiger partial charge in [0.1, 0.15) is 5.75 Å². The van der Waals surface area contributed by atoms with E-state index in [1.807, 2.05) is 13.0 Å². The number of carbonyl (C=O) groups is 1. The van der Waals surface area contributed by atoms with Gasteiger partial charge in [0.05, 0.1) is 0 Å². The van der Waals surface area contributed by atoms with Crippen molar-refractivity contribution in [3.05, 3.63) is 71.5 Å². The Labute approximate surface area is 158 Å². The van der Waals surface area contributed by atoms with Crippen LogP contribution < -0.4 is 15.4 Å². The van der Waals surface area contributed by atoms with Gasteiger partial charge in [-0.05, 0) is 36.8 Å². The van der Waals surface area contributed by atoms with E-state index in [0.717, 1.165) is 5.56 Å². The maximum absolute atomic E-state index is 12.6. The molecule has 0 saturated carbocycles. The summed E-state index contributed by atoms with van der Waals surface area (Å²) in [5.74, 6) is 0.308. The van der Waals surface area contributed by atoms with Crippen LogP contribution in [0.4, 0.5) is 11.4 Å². The first-order valence-corrected chi connectivity index (χ1v) is 8.30. The lowest BCUT2D eigenvalue weighted by molar-refractivity contribution is 0.102. The molecule has 138 valence electrons. The van der Waals surface area contributed by atoms with E-state index in [0.29, 0.717) is 28.3 Å². The first-order valence-electron chi connectivity index (χ1n) is 8.30. The first kappa shape index (κ1) is 18.1. The predicted octanol–water partition coefficient (Wildman–Crippen LogP) is 4.11. The molecule has 7 nitrogen and oxygen atoms in total. The number of hydrogen-bond donors (Lipinski definition) is 3. The Hall–Kier alpha value is -3.74. The van der Waals surface area contributed by atoms with E-state index in [1.54, 1.807) is 55.8 Å². The summed E-state index contributed by atoms with van der Waals surface area (Å²) in [6.45, 7) is 1.90. The molecule has 0 radical (unpaired) electrons. The molecular formula is C20H21N5O2. The van der Waals surface area contributed by atoms with Gasteiger partial charge in [-0.2, -0.15) is 0 Å². The van der Waals surface area contributed by atoms with E-state index in [1.165, 1.54) is 6.21 Å². The quantitative estimate of drug-likeness (QED) is 0.572. The molecule has 0 saturated heterocycles. The largest absolute Gasteiger partial charge is 0.424 e. The number of rotatable bonds is 6. The van der Waals surface area contributed by atoms with E-state index in [4.69, 9.17) is 10.1 Å². The fourth-order valence-corrected chi connectivity index (χ4v) is 2.47. The van der Waals surface area contributed by atoms with Crippen molar-refractivity contribution in [2.24, 2.45) is 0 Å². The molecule has 0 aliphatic carbocycles. The number of hydrogen-bond acceptors (Lipinski definition) is 6. The van der Waals surface area contributed by atoms with Crippen molar-refractivity contribution in [1.29, 1.82) is 5.41 Å². The topological polar surface area (TPSA) is 100.0 Å². The Morgan fingerprint density at radius 2 is 1.96 bits per heavy atom. The number of amides is 1. The molecule has 0 spiro atoms. The van der Waals surface area contributed by atoms with Crippen LogP contribution in [0.1, 0.15) is 22.9 Å². The molecule has 3 rings (SSSR count). The molecule has 0 unspecified atom stereocenters. The van der Waals surface area contributed by atoms with Gasteiger partial charge >= 0.3 is 6.01 Å². The van der Waals surface area contributed by atoms with Crippen molar-refractivity contribution >= 4 is 23.5 Å². The summed E-state index contributed by atoms with van der Waals surface area (Å²) in [4.78, 5) is 20.7. The zero-order chi connectivity index (χ0) is 19.2. The summed E-state index contributed by atoms with van der Waals surface area (Å²) >= 11 is 0. The van der Waals surface area contributed by atoms with Crippen LogP contribution in [0.15, 0.2) is 54.9 Å². The molecule has 1 heterocycles. The summed E-state index contributed by atoms with van der Waals surface area (Å²) in [6, 6.07) is 12.4. The summed E-state index contributed by atoms with van der Waals surface area (Å²) < 4.78 is 5.70. The zero-order valence-electron chi connectivity index (χ0n) is 15.0. The minimum absolute atomic E-state index is 0. The highest BCUT2D eigenvalue weighted by molar-refractivity contribution is 6.05. The van der Waals surface area contributed by atoms with Gasteiger partial charge in [0.15, 0.2) is 0 Å². The van der Waals surface area contributed by atoms with Gasteiger partial charge in [0, 0.05) is 55.7 Å². The third-order valence-corrected chi connectivity index (χ3v) is 3.93. The van der Waals surface area contributed by atoms with Crippen LogP contribution in [0.5, 0.6) is 11.8 Å². The minimum atomic E-state index is -0.256. The molecule has 2 aromatic carbocycles. The number of aromatic nitrogens is 2. The van der Waals surface area contributed by atoms with Crippen LogP contribution in [0.3, 0.4) is 0 Å². The van der Waals surface area contributed by atoms with Gasteiger partial charge in [-0.1, -0.05) is 12.1 Å². The number of nitrogens with one attached hydrogen (secondary N) is 3. The molecule has 1 amide bonds. The maximum atomic E-state index is 12.6. The SMILES string of the molecule is CNc1cc(C(=O)Nc2ccc(C)c(Oc3ncccn3)c2)ccc1C=N.[HH]. The van der Waals surface area contributed by atoms with Crippen molar-refractivity contribution < 1.29 is 11.0 Å². The average molecular weight is 363 g/mol. The normalized spacial score (nSPS) is 10.1. The van der Waals surface area contributed by atoms with Gasteiger partial charge in [-0.25, -0.2) is 9.97 Å². The number of carbonyl (C=O) groups excluding carboxylic acids is 1. The molecule has 0 fully saturated rings.